The van der Waals surface area contributed by atoms with E-state index in [1.165, 1.54) is 122 Å². The van der Waals surface area contributed by atoms with Gasteiger partial charge in [0, 0.05) is 6.61 Å². The molecule has 0 rings (SSSR count). The first-order valence-corrected chi connectivity index (χ1v) is 13.8. The normalized spacial score (nSPS) is 12.5. The molecular formula is C27H56O4. The highest BCUT2D eigenvalue weighted by Crippen LogP contribution is 2.14. The smallest absolute Gasteiger partial charge is 0.101 e. The van der Waals surface area contributed by atoms with Crippen molar-refractivity contribution in [2.24, 2.45) is 0 Å². The molecule has 0 aliphatic heterocycles. The maximum Gasteiger partial charge on any atom is 0.101 e. The number of ether oxygens (including phenoxy) is 2. The molecule has 4 nitrogen and oxygen atoms in total. The molecule has 0 heterocycles. The van der Waals surface area contributed by atoms with Crippen LogP contribution in [0.1, 0.15) is 135 Å². The number of aliphatic hydroxyl groups is 2. The predicted octanol–water partition coefficient (Wildman–Crippen LogP) is 7.19. The van der Waals surface area contributed by atoms with E-state index in [1.54, 1.807) is 0 Å². The van der Waals surface area contributed by atoms with Gasteiger partial charge in [0.25, 0.3) is 0 Å². The van der Waals surface area contributed by atoms with E-state index in [-0.39, 0.29) is 19.8 Å². The van der Waals surface area contributed by atoms with Crippen molar-refractivity contribution in [1.82, 2.24) is 0 Å². The maximum atomic E-state index is 9.61. The maximum absolute atomic E-state index is 9.61. The lowest BCUT2D eigenvalue weighted by molar-refractivity contribution is -0.0256. The highest BCUT2D eigenvalue weighted by atomic mass is 16.5. The minimum Gasteiger partial charge on any atom is -0.394 e. The Hall–Kier alpha value is -0.160. The van der Waals surface area contributed by atoms with Gasteiger partial charge in [0.15, 0.2) is 0 Å². The summed E-state index contributed by atoms with van der Waals surface area (Å²) in [7, 11) is 0. The lowest BCUT2D eigenvalue weighted by Crippen LogP contribution is -2.22. The Balaban J connectivity index is 3.05. The first-order chi connectivity index (χ1) is 15.3. The molecule has 0 aliphatic carbocycles. The average Bonchev–Trinajstić information content (AvgIpc) is 2.77. The van der Waals surface area contributed by atoms with Crippen molar-refractivity contribution in [2.45, 2.75) is 141 Å². The zero-order valence-corrected chi connectivity index (χ0v) is 21.0. The molecule has 0 aromatic heterocycles. The van der Waals surface area contributed by atoms with E-state index >= 15 is 0 Å². The zero-order chi connectivity index (χ0) is 22.7. The fraction of sp³-hybridized carbons (Fsp3) is 1.00. The van der Waals surface area contributed by atoms with Gasteiger partial charge in [-0.25, -0.2) is 0 Å². The standard InChI is InChI=1S/C27H56O4/c1-2-3-4-5-6-7-8-9-10-11-12-13-14-15-16-17-18-19-20-21-23-30-25-27(29)26-31-24-22-28/h27-29H,2-26H2,1H3. The monoisotopic (exact) mass is 444 g/mol. The van der Waals surface area contributed by atoms with Crippen LogP contribution in [0.5, 0.6) is 0 Å². The number of aliphatic hydroxyl groups excluding tert-OH is 2. The summed E-state index contributed by atoms with van der Waals surface area (Å²) in [5.41, 5.74) is 0. The van der Waals surface area contributed by atoms with Gasteiger partial charge in [-0.05, 0) is 6.42 Å². The van der Waals surface area contributed by atoms with Gasteiger partial charge in [-0.15, -0.1) is 0 Å². The van der Waals surface area contributed by atoms with Crippen LogP contribution in [0.2, 0.25) is 0 Å². The molecular weight excluding hydrogens is 388 g/mol. The van der Waals surface area contributed by atoms with Crippen LogP contribution in [0.4, 0.5) is 0 Å². The van der Waals surface area contributed by atoms with Crippen LogP contribution >= 0.6 is 0 Å². The highest BCUT2D eigenvalue weighted by Gasteiger charge is 2.03. The quantitative estimate of drug-likeness (QED) is 0.132. The topological polar surface area (TPSA) is 58.9 Å². The number of hydrogen-bond acceptors (Lipinski definition) is 4. The van der Waals surface area contributed by atoms with Crippen LogP contribution in [-0.2, 0) is 9.47 Å². The fourth-order valence-corrected chi connectivity index (χ4v) is 4.01. The Morgan fingerprint density at radius 2 is 0.806 bits per heavy atom. The minimum atomic E-state index is -0.586. The largest absolute Gasteiger partial charge is 0.394 e. The second kappa shape index (κ2) is 27.9. The molecule has 0 spiro atoms. The second-order valence-corrected chi connectivity index (χ2v) is 9.24. The van der Waals surface area contributed by atoms with Crippen LogP contribution < -0.4 is 0 Å². The van der Waals surface area contributed by atoms with Gasteiger partial charge in [-0.3, -0.25) is 0 Å². The van der Waals surface area contributed by atoms with Crippen molar-refractivity contribution in [3.05, 3.63) is 0 Å². The van der Waals surface area contributed by atoms with Gasteiger partial charge in [0.2, 0.25) is 0 Å². The van der Waals surface area contributed by atoms with Crippen molar-refractivity contribution in [3.8, 4) is 0 Å². The molecule has 0 radical (unpaired) electrons. The average molecular weight is 445 g/mol. The molecule has 1 atom stereocenters. The van der Waals surface area contributed by atoms with Gasteiger partial charge in [0.05, 0.1) is 26.4 Å². The molecule has 4 heteroatoms. The summed E-state index contributed by atoms with van der Waals surface area (Å²) in [6, 6.07) is 0. The molecule has 1 unspecified atom stereocenters. The molecule has 0 fully saturated rings. The summed E-state index contributed by atoms with van der Waals surface area (Å²) in [5.74, 6) is 0. The third-order valence-corrected chi connectivity index (χ3v) is 6.00. The summed E-state index contributed by atoms with van der Waals surface area (Å²) < 4.78 is 10.5. The fourth-order valence-electron chi connectivity index (χ4n) is 4.01. The van der Waals surface area contributed by atoms with E-state index in [9.17, 15) is 5.11 Å². The Morgan fingerprint density at radius 1 is 0.484 bits per heavy atom. The van der Waals surface area contributed by atoms with Crippen molar-refractivity contribution < 1.29 is 19.7 Å². The van der Waals surface area contributed by atoms with Crippen LogP contribution in [0.25, 0.3) is 0 Å². The predicted molar refractivity (Wildman–Crippen MR) is 133 cm³/mol. The van der Waals surface area contributed by atoms with Crippen molar-refractivity contribution in [3.63, 3.8) is 0 Å². The summed E-state index contributed by atoms with van der Waals surface area (Å²) >= 11 is 0. The molecule has 0 aromatic rings. The summed E-state index contributed by atoms with van der Waals surface area (Å²) in [4.78, 5) is 0. The van der Waals surface area contributed by atoms with E-state index in [2.05, 4.69) is 6.92 Å². The second-order valence-electron chi connectivity index (χ2n) is 9.24. The molecule has 0 bridgehead atoms. The van der Waals surface area contributed by atoms with E-state index in [0.29, 0.717) is 6.61 Å². The van der Waals surface area contributed by atoms with Gasteiger partial charge >= 0.3 is 0 Å². The van der Waals surface area contributed by atoms with Crippen LogP contribution in [0, 0.1) is 0 Å². The lowest BCUT2D eigenvalue weighted by Gasteiger charge is -2.11. The van der Waals surface area contributed by atoms with Crippen molar-refractivity contribution >= 4 is 0 Å². The molecule has 31 heavy (non-hydrogen) atoms. The van der Waals surface area contributed by atoms with Crippen LogP contribution in [-0.4, -0.2) is 49.4 Å². The van der Waals surface area contributed by atoms with E-state index < -0.39 is 6.10 Å². The highest BCUT2D eigenvalue weighted by molar-refractivity contribution is 4.53. The number of rotatable bonds is 27. The van der Waals surface area contributed by atoms with E-state index in [1.807, 2.05) is 0 Å². The van der Waals surface area contributed by atoms with E-state index in [4.69, 9.17) is 14.6 Å². The van der Waals surface area contributed by atoms with Crippen molar-refractivity contribution in [2.75, 3.05) is 33.0 Å². The van der Waals surface area contributed by atoms with Gasteiger partial charge in [-0.1, -0.05) is 129 Å². The summed E-state index contributed by atoms with van der Waals surface area (Å²) in [6.45, 7) is 3.83. The molecule has 188 valence electrons. The zero-order valence-electron chi connectivity index (χ0n) is 21.0. The van der Waals surface area contributed by atoms with Gasteiger partial charge in [0.1, 0.15) is 6.10 Å². The van der Waals surface area contributed by atoms with Crippen LogP contribution in [0.15, 0.2) is 0 Å². The Labute approximate surface area is 194 Å². The Bertz CT molecular complexity index is 312. The molecule has 0 amide bonds. The molecule has 0 aromatic carbocycles. The Morgan fingerprint density at radius 3 is 1.16 bits per heavy atom. The molecule has 2 N–H and O–H groups in total. The van der Waals surface area contributed by atoms with Gasteiger partial charge < -0.3 is 19.7 Å². The van der Waals surface area contributed by atoms with Crippen molar-refractivity contribution in [1.29, 1.82) is 0 Å². The van der Waals surface area contributed by atoms with Gasteiger partial charge in [-0.2, -0.15) is 0 Å². The molecule has 0 saturated heterocycles. The SMILES string of the molecule is CCCCCCCCCCCCCCCCCCCCCCOCC(O)COCCO. The first kappa shape index (κ1) is 30.8. The van der Waals surface area contributed by atoms with E-state index in [0.717, 1.165) is 13.0 Å². The lowest BCUT2D eigenvalue weighted by atomic mass is 10.0. The molecule has 0 aliphatic rings. The Kier molecular flexibility index (Phi) is 27.7. The third kappa shape index (κ3) is 27.8. The summed E-state index contributed by atoms with van der Waals surface area (Å²) in [5, 5.41) is 18.2. The number of unbranched alkanes of at least 4 members (excludes halogenated alkanes) is 19. The third-order valence-electron chi connectivity index (χ3n) is 6.00. The van der Waals surface area contributed by atoms with Crippen LogP contribution in [0.3, 0.4) is 0 Å². The summed E-state index contributed by atoms with van der Waals surface area (Å²) in [6.07, 6.45) is 27.3. The minimum absolute atomic E-state index is 0.00697. The number of hydrogen-bond donors (Lipinski definition) is 2. The molecule has 0 saturated carbocycles. The first-order valence-electron chi connectivity index (χ1n) is 13.8.